The lowest BCUT2D eigenvalue weighted by Crippen LogP contribution is -2.03. The molecule has 72 valence electrons. The summed E-state index contributed by atoms with van der Waals surface area (Å²) in [6.07, 6.45) is 3.33. The zero-order valence-corrected chi connectivity index (χ0v) is 7.72. The molecule has 0 aromatic rings. The Bertz CT molecular complexity index is 207. The van der Waals surface area contributed by atoms with Crippen LogP contribution in [0, 0.1) is 0 Å². The molecule has 0 saturated heterocycles. The van der Waals surface area contributed by atoms with E-state index in [9.17, 15) is 8.42 Å². The van der Waals surface area contributed by atoms with E-state index in [2.05, 4.69) is 6.58 Å². The average molecular weight is 194 g/mol. The van der Waals surface area contributed by atoms with Gasteiger partial charge in [0.1, 0.15) is 0 Å². The normalized spacial score (nSPS) is 11.1. The molecule has 0 saturated carbocycles. The summed E-state index contributed by atoms with van der Waals surface area (Å²) in [6, 6.07) is 0. The second-order valence-corrected chi connectivity index (χ2v) is 3.96. The van der Waals surface area contributed by atoms with Gasteiger partial charge in [-0.2, -0.15) is 8.42 Å². The maximum atomic E-state index is 10.2. The summed E-state index contributed by atoms with van der Waals surface area (Å²) < 4.78 is 33.6. The molecular weight excluding hydrogens is 180 g/mol. The summed E-state index contributed by atoms with van der Waals surface area (Å²) >= 11 is 0. The molecule has 4 nitrogen and oxygen atoms in total. The third kappa shape index (κ3) is 9.45. The number of unbranched alkanes of at least 4 members (excludes halogenated alkanes) is 2. The fourth-order valence-corrected chi connectivity index (χ4v) is 1.30. The van der Waals surface area contributed by atoms with Crippen LogP contribution in [-0.4, -0.2) is 25.3 Å². The first kappa shape index (κ1) is 11.4. The second-order valence-electron chi connectivity index (χ2n) is 2.38. The average Bonchev–Trinajstić information content (AvgIpc) is 1.94. The van der Waals surface area contributed by atoms with Crippen molar-refractivity contribution in [3.8, 4) is 0 Å². The first-order chi connectivity index (χ1) is 5.56. The molecule has 12 heavy (non-hydrogen) atoms. The lowest BCUT2D eigenvalue weighted by Gasteiger charge is -1.99. The molecule has 0 unspecified atom stereocenters. The van der Waals surface area contributed by atoms with Crippen LogP contribution in [0.2, 0.25) is 0 Å². The molecule has 0 radical (unpaired) electrons. The van der Waals surface area contributed by atoms with Gasteiger partial charge in [-0.05, 0) is 19.3 Å². The number of hydrogen-bond acceptors (Lipinski definition) is 3. The van der Waals surface area contributed by atoms with Crippen molar-refractivity contribution in [1.82, 2.24) is 0 Å². The minimum atomic E-state index is -3.78. The van der Waals surface area contributed by atoms with E-state index in [-0.39, 0.29) is 5.75 Å². The Balaban J connectivity index is 3.17. The standard InChI is InChI=1S/C7H14O4S/c1-2-11-6-4-3-5-7-12(8,9)10/h2H,1,3-7H2,(H,8,9,10). The molecule has 0 bridgehead atoms. The smallest absolute Gasteiger partial charge is 0.264 e. The number of hydrogen-bond donors (Lipinski definition) is 1. The Hall–Kier alpha value is -0.550. The van der Waals surface area contributed by atoms with Gasteiger partial charge < -0.3 is 4.74 Å². The van der Waals surface area contributed by atoms with Gasteiger partial charge in [0.05, 0.1) is 18.6 Å². The van der Waals surface area contributed by atoms with Crippen molar-refractivity contribution in [2.24, 2.45) is 0 Å². The Kier molecular flexibility index (Phi) is 5.74. The molecule has 0 fully saturated rings. The minimum Gasteiger partial charge on any atom is -0.502 e. The lowest BCUT2D eigenvalue weighted by atomic mass is 10.3. The van der Waals surface area contributed by atoms with E-state index in [1.807, 2.05) is 0 Å². The Morgan fingerprint density at radius 2 is 2.00 bits per heavy atom. The highest BCUT2D eigenvalue weighted by molar-refractivity contribution is 7.85. The van der Waals surface area contributed by atoms with E-state index < -0.39 is 10.1 Å². The molecule has 0 amide bonds. The van der Waals surface area contributed by atoms with Gasteiger partial charge >= 0.3 is 0 Å². The third-order valence-electron chi connectivity index (χ3n) is 1.28. The molecule has 1 N–H and O–H groups in total. The van der Waals surface area contributed by atoms with E-state index in [1.165, 1.54) is 6.26 Å². The zero-order valence-electron chi connectivity index (χ0n) is 6.90. The Morgan fingerprint density at radius 3 is 2.50 bits per heavy atom. The quantitative estimate of drug-likeness (QED) is 0.376. The second kappa shape index (κ2) is 6.02. The maximum Gasteiger partial charge on any atom is 0.264 e. The van der Waals surface area contributed by atoms with E-state index >= 15 is 0 Å². The molecule has 5 heteroatoms. The fourth-order valence-electron chi connectivity index (χ4n) is 0.730. The molecule has 0 aliphatic heterocycles. The van der Waals surface area contributed by atoms with Crippen LogP contribution in [0.25, 0.3) is 0 Å². The van der Waals surface area contributed by atoms with Crippen LogP contribution in [0.5, 0.6) is 0 Å². The van der Waals surface area contributed by atoms with Crippen LogP contribution in [-0.2, 0) is 14.9 Å². The lowest BCUT2D eigenvalue weighted by molar-refractivity contribution is 0.242. The van der Waals surface area contributed by atoms with Crippen molar-refractivity contribution in [2.45, 2.75) is 19.3 Å². The highest BCUT2D eigenvalue weighted by Gasteiger charge is 2.02. The topological polar surface area (TPSA) is 63.6 Å². The molecule has 0 spiro atoms. The van der Waals surface area contributed by atoms with Gasteiger partial charge in [-0.25, -0.2) is 0 Å². The van der Waals surface area contributed by atoms with Gasteiger partial charge in [-0.15, -0.1) is 0 Å². The number of ether oxygens (including phenoxy) is 1. The predicted octanol–water partition coefficient (Wildman–Crippen LogP) is 1.20. The highest BCUT2D eigenvalue weighted by atomic mass is 32.2. The van der Waals surface area contributed by atoms with Gasteiger partial charge in [0.15, 0.2) is 0 Å². The van der Waals surface area contributed by atoms with Crippen molar-refractivity contribution in [2.75, 3.05) is 12.4 Å². The van der Waals surface area contributed by atoms with Crippen LogP contribution in [0.15, 0.2) is 12.8 Å². The van der Waals surface area contributed by atoms with E-state index in [0.29, 0.717) is 13.0 Å². The zero-order chi connectivity index (χ0) is 9.45. The van der Waals surface area contributed by atoms with Gasteiger partial charge in [-0.1, -0.05) is 6.58 Å². The Labute approximate surface area is 73.0 Å². The van der Waals surface area contributed by atoms with Gasteiger partial charge in [0.25, 0.3) is 10.1 Å². The van der Waals surface area contributed by atoms with E-state index in [0.717, 1.165) is 12.8 Å². The monoisotopic (exact) mass is 194 g/mol. The van der Waals surface area contributed by atoms with Crippen LogP contribution in [0.4, 0.5) is 0 Å². The van der Waals surface area contributed by atoms with Crippen LogP contribution >= 0.6 is 0 Å². The molecule has 0 aliphatic rings. The third-order valence-corrected chi connectivity index (χ3v) is 2.09. The molecule has 0 heterocycles. The van der Waals surface area contributed by atoms with Gasteiger partial charge in [-0.3, -0.25) is 4.55 Å². The number of rotatable bonds is 7. The molecule has 0 atom stereocenters. The minimum absolute atomic E-state index is 0.166. The van der Waals surface area contributed by atoms with Gasteiger partial charge in [0, 0.05) is 0 Å². The van der Waals surface area contributed by atoms with Crippen LogP contribution in [0.3, 0.4) is 0 Å². The summed E-state index contributed by atoms with van der Waals surface area (Å²) in [7, 11) is -3.78. The molecule has 0 aromatic carbocycles. The summed E-state index contributed by atoms with van der Waals surface area (Å²) in [4.78, 5) is 0. The Morgan fingerprint density at radius 1 is 1.33 bits per heavy atom. The molecular formula is C7H14O4S. The molecule has 0 aromatic heterocycles. The maximum absolute atomic E-state index is 10.2. The van der Waals surface area contributed by atoms with Crippen molar-refractivity contribution in [3.63, 3.8) is 0 Å². The van der Waals surface area contributed by atoms with Gasteiger partial charge in [0.2, 0.25) is 0 Å². The molecule has 0 rings (SSSR count). The summed E-state index contributed by atoms with van der Waals surface area (Å²) in [5.74, 6) is -0.166. The highest BCUT2D eigenvalue weighted by Crippen LogP contribution is 1.98. The fraction of sp³-hybridized carbons (Fsp3) is 0.714. The summed E-state index contributed by atoms with van der Waals surface area (Å²) in [5, 5.41) is 0. The first-order valence-electron chi connectivity index (χ1n) is 3.74. The van der Waals surface area contributed by atoms with E-state index in [4.69, 9.17) is 9.29 Å². The SMILES string of the molecule is C=COCCCCCS(=O)(=O)O. The van der Waals surface area contributed by atoms with Crippen LogP contribution < -0.4 is 0 Å². The largest absolute Gasteiger partial charge is 0.502 e. The summed E-state index contributed by atoms with van der Waals surface area (Å²) in [6.45, 7) is 3.91. The summed E-state index contributed by atoms with van der Waals surface area (Å²) in [5.41, 5.74) is 0. The van der Waals surface area contributed by atoms with E-state index in [1.54, 1.807) is 0 Å². The van der Waals surface area contributed by atoms with Crippen LogP contribution in [0.1, 0.15) is 19.3 Å². The van der Waals surface area contributed by atoms with Crippen molar-refractivity contribution in [3.05, 3.63) is 12.8 Å². The van der Waals surface area contributed by atoms with Crippen molar-refractivity contribution < 1.29 is 17.7 Å². The van der Waals surface area contributed by atoms with Crippen molar-refractivity contribution >= 4 is 10.1 Å². The van der Waals surface area contributed by atoms with Crippen molar-refractivity contribution in [1.29, 1.82) is 0 Å². The predicted molar refractivity (Wildman–Crippen MR) is 46.4 cm³/mol. The molecule has 0 aliphatic carbocycles. The first-order valence-corrected chi connectivity index (χ1v) is 5.35.